The largest absolute Gasteiger partial charge is 0.478 e. The standard InChI is InChI=1S/C13H11I3N2O4.C9H5ClI3NO3.C9H7I3N2O3.C7H4I3NO2.C4H5ClO/c1-5(2)12(20)17-4-8(19)18-11-7(15)3-6(14)9(10(11)16)13(21)22;10-2-5(15)14-8-4(12)1-3(11)6(7(8)13)9(16)17;10-3-1-4(11)8(14-5(15)2-13)7(12)6(3)9(16)17;8-2-1-3(9)6(11)5(10)4(2)7(12)13;1-3(2)4(5)6/h3H,1,4H2,2H3,(H,17,20)(H,18,19)(H,21,22);1H,2H2,(H,14,15)(H,16,17);1H,2,13H2,(H,14,15)(H,16,17);1H,11H2,(H,12,13);1H2,2H3. The monoisotopic (exact) mass is 2420 g/mol. The number of aromatic carboxylic acids is 4. The van der Waals surface area contributed by atoms with Crippen LogP contribution in [0, 0.1) is 42.8 Å². The molecule has 0 aliphatic heterocycles. The van der Waals surface area contributed by atoms with Gasteiger partial charge in [-0.15, -0.1) is 11.6 Å². The number of benzene rings is 4. The lowest BCUT2D eigenvalue weighted by Crippen LogP contribution is -2.33. The Morgan fingerprint density at radius 1 is 0.493 bits per heavy atom. The summed E-state index contributed by atoms with van der Waals surface area (Å²) in [6, 6.07) is 6.85. The van der Waals surface area contributed by atoms with Crippen LogP contribution in [0.2, 0.25) is 0 Å². The van der Waals surface area contributed by atoms with Gasteiger partial charge >= 0.3 is 23.9 Å². The molecule has 0 radical (unpaired) electrons. The van der Waals surface area contributed by atoms with Gasteiger partial charge in [0.1, 0.15) is 5.88 Å². The lowest BCUT2D eigenvalue weighted by atomic mass is 10.2. The van der Waals surface area contributed by atoms with Gasteiger partial charge in [0.15, 0.2) is 0 Å². The molecule has 406 valence electrons. The number of halogens is 14. The van der Waals surface area contributed by atoms with Crippen molar-refractivity contribution in [1.29, 1.82) is 0 Å². The minimum Gasteiger partial charge on any atom is -0.478 e. The lowest BCUT2D eigenvalue weighted by molar-refractivity contribution is -0.121. The molecule has 0 saturated carbocycles. The summed E-state index contributed by atoms with van der Waals surface area (Å²) >= 11 is 34.0. The van der Waals surface area contributed by atoms with Gasteiger partial charge in [0, 0.05) is 39.7 Å². The fourth-order valence-corrected chi connectivity index (χ4v) is 20.6. The fraction of sp³-hybridized carbons (Fsp3) is 0.119. The maximum atomic E-state index is 11.9. The number of allylic oxidation sites excluding steroid dienone is 1. The molecule has 12 N–H and O–H groups in total. The van der Waals surface area contributed by atoms with Crippen LogP contribution >= 0.6 is 294 Å². The summed E-state index contributed by atoms with van der Waals surface area (Å²) in [6.07, 6.45) is 0. The first-order valence-electron chi connectivity index (χ1n) is 18.8. The van der Waals surface area contributed by atoms with Crippen molar-refractivity contribution < 1.29 is 63.6 Å². The molecule has 0 spiro atoms. The molecule has 0 heterocycles. The molecule has 4 rings (SSSR count). The number of anilines is 4. The van der Waals surface area contributed by atoms with Crippen LogP contribution in [0.1, 0.15) is 55.3 Å². The van der Waals surface area contributed by atoms with Gasteiger partial charge in [-0.3, -0.25) is 24.0 Å². The summed E-state index contributed by atoms with van der Waals surface area (Å²) in [5.74, 6) is -5.75. The zero-order valence-corrected chi connectivity index (χ0v) is 64.7. The zero-order chi connectivity index (χ0) is 58.7. The van der Waals surface area contributed by atoms with Crippen LogP contribution < -0.4 is 32.7 Å². The number of nitrogens with one attached hydrogen (secondary N) is 4. The number of carbonyl (C=O) groups is 9. The highest BCUT2D eigenvalue weighted by molar-refractivity contribution is 14.1. The smallest absolute Gasteiger partial charge is 0.337 e. The van der Waals surface area contributed by atoms with Gasteiger partial charge in [0.25, 0.3) is 0 Å². The topological polar surface area (TPSA) is 335 Å². The Labute approximate surface area is 601 Å². The molecule has 0 fully saturated rings. The van der Waals surface area contributed by atoms with Crippen molar-refractivity contribution >= 4 is 370 Å². The third kappa shape index (κ3) is 25.1. The first kappa shape index (κ1) is 75.9. The molecular formula is C42H32Cl2I12N6O13. The minimum absolute atomic E-state index is 0.138. The molecule has 4 amide bonds. The van der Waals surface area contributed by atoms with Crippen molar-refractivity contribution in [1.82, 2.24) is 5.32 Å². The Morgan fingerprint density at radius 3 is 1.04 bits per heavy atom. The number of hydrogen-bond acceptors (Lipinski definition) is 11. The van der Waals surface area contributed by atoms with E-state index in [0.717, 1.165) is 14.3 Å². The second kappa shape index (κ2) is 37.2. The van der Waals surface area contributed by atoms with E-state index < -0.39 is 40.9 Å². The molecule has 19 nitrogen and oxygen atoms in total. The van der Waals surface area contributed by atoms with E-state index in [2.05, 4.69) is 57.0 Å². The van der Waals surface area contributed by atoms with Crippen molar-refractivity contribution in [2.24, 2.45) is 5.73 Å². The molecule has 33 heteroatoms. The molecule has 0 saturated heterocycles. The molecule has 0 aliphatic rings. The van der Waals surface area contributed by atoms with Crippen molar-refractivity contribution in [3.63, 3.8) is 0 Å². The summed E-state index contributed by atoms with van der Waals surface area (Å²) in [7, 11) is 0. The summed E-state index contributed by atoms with van der Waals surface area (Å²) in [5, 5.41) is 46.1. The second-order valence-electron chi connectivity index (χ2n) is 13.4. The number of alkyl halides is 1. The average Bonchev–Trinajstić information content (AvgIpc) is 3.28. The number of rotatable bonds is 13. The number of nitrogens with two attached hydrogens (primary N) is 2. The van der Waals surface area contributed by atoms with Gasteiger partial charge in [0.2, 0.25) is 28.9 Å². The normalized spacial score (nSPS) is 9.88. The Kier molecular flexibility index (Phi) is 37.6. The highest BCUT2D eigenvalue weighted by Gasteiger charge is 2.23. The van der Waals surface area contributed by atoms with Gasteiger partial charge in [0.05, 0.1) is 72.4 Å². The molecule has 0 atom stereocenters. The highest BCUT2D eigenvalue weighted by Crippen LogP contribution is 2.35. The maximum absolute atomic E-state index is 11.9. The van der Waals surface area contributed by atoms with E-state index in [4.69, 9.17) is 50.0 Å². The number of hydrogen-bond donors (Lipinski definition) is 10. The van der Waals surface area contributed by atoms with E-state index in [-0.39, 0.29) is 47.5 Å². The van der Waals surface area contributed by atoms with Crippen LogP contribution in [0.25, 0.3) is 0 Å². The first-order chi connectivity index (χ1) is 34.5. The average molecular weight is 2420 g/mol. The van der Waals surface area contributed by atoms with Crippen LogP contribution in [0.5, 0.6) is 0 Å². The molecule has 75 heavy (non-hydrogen) atoms. The van der Waals surface area contributed by atoms with E-state index in [1.165, 1.54) is 6.92 Å². The molecular weight excluding hydrogens is 2390 g/mol. The number of amides is 4. The van der Waals surface area contributed by atoms with Crippen LogP contribution in [0.15, 0.2) is 48.6 Å². The molecule has 0 aromatic heterocycles. The van der Waals surface area contributed by atoms with Gasteiger partial charge in [-0.05, 0) is 321 Å². The van der Waals surface area contributed by atoms with E-state index >= 15 is 0 Å². The van der Waals surface area contributed by atoms with Crippen molar-refractivity contribution in [3.8, 4) is 0 Å². The first-order valence-corrected chi connectivity index (χ1v) is 32.7. The predicted octanol–water partition coefficient (Wildman–Crippen LogP) is 12.4. The predicted molar refractivity (Wildman–Crippen MR) is 390 cm³/mol. The summed E-state index contributed by atoms with van der Waals surface area (Å²) < 4.78 is 7.80. The van der Waals surface area contributed by atoms with Crippen LogP contribution in [0.4, 0.5) is 22.7 Å². The maximum Gasteiger partial charge on any atom is 0.337 e. The quantitative estimate of drug-likeness (QED) is 0.0196. The number of carbonyl (C=O) groups excluding carboxylic acids is 5. The Balaban J connectivity index is 0.000000950. The van der Waals surface area contributed by atoms with Gasteiger partial charge in [-0.25, -0.2) is 19.2 Å². The van der Waals surface area contributed by atoms with E-state index in [1.807, 2.05) is 248 Å². The third-order valence-electron chi connectivity index (χ3n) is 7.80. The van der Waals surface area contributed by atoms with Gasteiger partial charge in [-0.1, -0.05) is 13.2 Å². The van der Waals surface area contributed by atoms with E-state index in [9.17, 15) is 48.3 Å². The lowest BCUT2D eigenvalue weighted by Gasteiger charge is -2.13. The third-order valence-corrected chi connectivity index (χ3v) is 19.6. The van der Waals surface area contributed by atoms with Gasteiger partial charge < -0.3 is 53.2 Å². The zero-order valence-electron chi connectivity index (χ0n) is 37.3. The summed E-state index contributed by atoms with van der Waals surface area (Å²) in [6.45, 7) is 9.50. The molecule has 0 unspecified atom stereocenters. The summed E-state index contributed by atoms with van der Waals surface area (Å²) in [4.78, 5) is 99.9. The Bertz CT molecular complexity index is 2890. The number of carboxylic acids is 4. The van der Waals surface area contributed by atoms with Crippen LogP contribution in [-0.4, -0.2) is 92.1 Å². The van der Waals surface area contributed by atoms with Crippen LogP contribution in [0.3, 0.4) is 0 Å². The fourth-order valence-electron chi connectivity index (χ4n) is 4.36. The second-order valence-corrected chi connectivity index (χ2v) is 27.6. The van der Waals surface area contributed by atoms with Crippen molar-refractivity contribution in [2.75, 3.05) is 40.7 Å². The van der Waals surface area contributed by atoms with E-state index in [0.29, 0.717) is 68.0 Å². The Hall–Kier alpha value is 0.890. The minimum atomic E-state index is -1.06. The SMILES string of the molecule is C=C(C)C(=O)Cl.C=C(C)C(=O)NCC(=O)Nc1c(I)cc(I)c(C(=O)O)c1I.NCC(=O)Nc1c(I)cc(I)c(C(=O)O)c1I.Nc1c(I)cc(I)c(C(=O)O)c1I.O=C(CCl)Nc1c(I)cc(I)c(C(=O)O)c1I. The molecule has 0 bridgehead atoms. The highest BCUT2D eigenvalue weighted by atomic mass is 127. The molecule has 4 aromatic carbocycles. The molecule has 4 aromatic rings. The van der Waals surface area contributed by atoms with E-state index in [1.54, 1.807) is 31.2 Å². The molecule has 0 aliphatic carbocycles. The van der Waals surface area contributed by atoms with Crippen LogP contribution in [-0.2, 0) is 24.0 Å². The van der Waals surface area contributed by atoms with Crippen molar-refractivity contribution in [3.05, 3.63) is 114 Å². The Morgan fingerprint density at radius 2 is 0.773 bits per heavy atom. The number of nitrogen functional groups attached to an aromatic ring is 1. The van der Waals surface area contributed by atoms with Crippen molar-refractivity contribution in [2.45, 2.75) is 13.8 Å². The number of carboxylic acid groups (broad SMARTS) is 4. The van der Waals surface area contributed by atoms with Gasteiger partial charge in [-0.2, -0.15) is 0 Å². The summed E-state index contributed by atoms with van der Waals surface area (Å²) in [5.41, 5.74) is 14.4.